The molecular weight excluding hydrogens is 230 g/mol. The second-order valence-electron chi connectivity index (χ2n) is 3.79. The lowest BCUT2D eigenvalue weighted by Gasteiger charge is -2.07. The van der Waals surface area contributed by atoms with Gasteiger partial charge in [0, 0.05) is 24.9 Å². The number of anilines is 2. The van der Waals surface area contributed by atoms with Crippen LogP contribution < -0.4 is 15.8 Å². The number of ether oxygens (including phenoxy) is 1. The van der Waals surface area contributed by atoms with Crippen LogP contribution in [0, 0.1) is 6.92 Å². The Morgan fingerprint density at radius 1 is 1.33 bits per heavy atom. The van der Waals surface area contributed by atoms with Crippen LogP contribution in [0.1, 0.15) is 11.4 Å². The van der Waals surface area contributed by atoms with Gasteiger partial charge in [-0.05, 0) is 12.5 Å². The number of pyridine rings is 1. The van der Waals surface area contributed by atoms with Crippen LogP contribution in [-0.4, -0.2) is 22.1 Å². The molecule has 3 N–H and O–H groups in total. The van der Waals surface area contributed by atoms with Crippen LogP contribution in [0.15, 0.2) is 24.4 Å². The molecule has 2 aromatic rings. The van der Waals surface area contributed by atoms with Gasteiger partial charge in [0.2, 0.25) is 5.88 Å². The van der Waals surface area contributed by atoms with Gasteiger partial charge in [-0.15, -0.1) is 0 Å². The molecular formula is C12H15N5O. The van der Waals surface area contributed by atoms with Crippen LogP contribution in [-0.2, 0) is 6.54 Å². The van der Waals surface area contributed by atoms with Crippen molar-refractivity contribution in [3.8, 4) is 5.88 Å². The lowest BCUT2D eigenvalue weighted by Crippen LogP contribution is -2.05. The number of methoxy groups -OCH3 is 1. The molecule has 0 aromatic carbocycles. The third-order valence-corrected chi connectivity index (χ3v) is 2.34. The van der Waals surface area contributed by atoms with Gasteiger partial charge in [-0.1, -0.05) is 6.07 Å². The number of aryl methyl sites for hydroxylation is 1. The molecule has 0 fully saturated rings. The maximum absolute atomic E-state index is 5.65. The predicted octanol–water partition coefficient (Wildman–Crippen LogP) is 1.38. The largest absolute Gasteiger partial charge is 0.481 e. The molecule has 6 nitrogen and oxygen atoms in total. The minimum absolute atomic E-state index is 0.456. The molecule has 0 amide bonds. The number of nitrogens with one attached hydrogen (secondary N) is 1. The van der Waals surface area contributed by atoms with Crippen molar-refractivity contribution in [1.82, 2.24) is 15.0 Å². The van der Waals surface area contributed by atoms with E-state index in [2.05, 4.69) is 20.3 Å². The highest BCUT2D eigenvalue weighted by Crippen LogP contribution is 2.11. The van der Waals surface area contributed by atoms with Crippen LogP contribution >= 0.6 is 0 Å². The number of nitrogens with zero attached hydrogens (tertiary/aromatic N) is 3. The van der Waals surface area contributed by atoms with Gasteiger partial charge in [0.1, 0.15) is 17.5 Å². The molecule has 0 bridgehead atoms. The summed E-state index contributed by atoms with van der Waals surface area (Å²) in [5, 5.41) is 3.17. The van der Waals surface area contributed by atoms with E-state index in [1.165, 1.54) is 0 Å². The van der Waals surface area contributed by atoms with Crippen molar-refractivity contribution in [3.63, 3.8) is 0 Å². The Bertz CT molecular complexity index is 506. The van der Waals surface area contributed by atoms with Crippen molar-refractivity contribution in [2.24, 2.45) is 0 Å². The maximum Gasteiger partial charge on any atom is 0.212 e. The number of hydrogen-bond acceptors (Lipinski definition) is 6. The third kappa shape index (κ3) is 3.07. The Morgan fingerprint density at radius 3 is 2.78 bits per heavy atom. The van der Waals surface area contributed by atoms with E-state index < -0.39 is 0 Å². The molecule has 18 heavy (non-hydrogen) atoms. The zero-order valence-electron chi connectivity index (χ0n) is 10.3. The van der Waals surface area contributed by atoms with Crippen molar-refractivity contribution >= 4 is 11.6 Å². The van der Waals surface area contributed by atoms with Gasteiger partial charge in [0.15, 0.2) is 0 Å². The fourth-order valence-corrected chi connectivity index (χ4v) is 1.51. The first-order valence-corrected chi connectivity index (χ1v) is 5.51. The molecule has 2 rings (SSSR count). The highest BCUT2D eigenvalue weighted by atomic mass is 16.5. The second kappa shape index (κ2) is 5.31. The summed E-state index contributed by atoms with van der Waals surface area (Å²) in [5.74, 6) is 2.40. The second-order valence-corrected chi connectivity index (χ2v) is 3.79. The normalized spacial score (nSPS) is 10.1. The van der Waals surface area contributed by atoms with Gasteiger partial charge in [-0.3, -0.25) is 0 Å². The van der Waals surface area contributed by atoms with Gasteiger partial charge in [-0.2, -0.15) is 0 Å². The Morgan fingerprint density at radius 2 is 2.17 bits per heavy atom. The van der Waals surface area contributed by atoms with E-state index in [-0.39, 0.29) is 0 Å². The molecule has 0 saturated carbocycles. The maximum atomic E-state index is 5.65. The van der Waals surface area contributed by atoms with E-state index in [1.54, 1.807) is 26.3 Å². The van der Waals surface area contributed by atoms with E-state index in [9.17, 15) is 0 Å². The van der Waals surface area contributed by atoms with Gasteiger partial charge in [-0.25, -0.2) is 15.0 Å². The number of rotatable bonds is 4. The van der Waals surface area contributed by atoms with Crippen LogP contribution in [0.2, 0.25) is 0 Å². The molecule has 0 spiro atoms. The topological polar surface area (TPSA) is 86.0 Å². The summed E-state index contributed by atoms with van der Waals surface area (Å²) in [5.41, 5.74) is 6.68. The zero-order chi connectivity index (χ0) is 13.0. The average Bonchev–Trinajstić information content (AvgIpc) is 2.36. The first-order valence-electron chi connectivity index (χ1n) is 5.51. The highest BCUT2D eigenvalue weighted by molar-refractivity contribution is 5.44. The molecule has 0 saturated heterocycles. The lowest BCUT2D eigenvalue weighted by molar-refractivity contribution is 0.397. The van der Waals surface area contributed by atoms with E-state index in [0.29, 0.717) is 29.9 Å². The standard InChI is InChI=1S/C12H15N5O/c1-8-16-10(13)5-11(17-8)14-6-9-3-4-12(18-2)15-7-9/h3-5,7H,6H2,1-2H3,(H3,13,14,16,17). The molecule has 0 unspecified atom stereocenters. The molecule has 0 atom stereocenters. The first kappa shape index (κ1) is 12.1. The molecule has 0 radical (unpaired) electrons. The van der Waals surface area contributed by atoms with Crippen LogP contribution in [0.4, 0.5) is 11.6 Å². The summed E-state index contributed by atoms with van der Waals surface area (Å²) in [4.78, 5) is 12.4. The van der Waals surface area contributed by atoms with Crippen LogP contribution in [0.3, 0.4) is 0 Å². The average molecular weight is 245 g/mol. The number of nitrogens with two attached hydrogens (primary N) is 1. The summed E-state index contributed by atoms with van der Waals surface area (Å²) in [6.45, 7) is 2.42. The Hall–Kier alpha value is -2.37. The quantitative estimate of drug-likeness (QED) is 0.846. The minimum Gasteiger partial charge on any atom is -0.481 e. The van der Waals surface area contributed by atoms with E-state index in [0.717, 1.165) is 5.56 Å². The zero-order valence-corrected chi connectivity index (χ0v) is 10.3. The SMILES string of the molecule is COc1ccc(CNc2cc(N)nc(C)n2)cn1. The van der Waals surface area contributed by atoms with Gasteiger partial charge >= 0.3 is 0 Å². The molecule has 2 heterocycles. The van der Waals surface area contributed by atoms with Gasteiger partial charge < -0.3 is 15.8 Å². The first-order chi connectivity index (χ1) is 8.67. The fourth-order valence-electron chi connectivity index (χ4n) is 1.51. The fraction of sp³-hybridized carbons (Fsp3) is 0.250. The van der Waals surface area contributed by atoms with E-state index in [4.69, 9.17) is 10.5 Å². The molecule has 94 valence electrons. The molecule has 0 aliphatic carbocycles. The van der Waals surface area contributed by atoms with Gasteiger partial charge in [0.25, 0.3) is 0 Å². The Labute approximate surface area is 105 Å². The number of hydrogen-bond donors (Lipinski definition) is 2. The van der Waals surface area contributed by atoms with Crippen molar-refractivity contribution in [2.45, 2.75) is 13.5 Å². The summed E-state index contributed by atoms with van der Waals surface area (Å²) >= 11 is 0. The van der Waals surface area contributed by atoms with E-state index in [1.807, 2.05) is 12.1 Å². The molecule has 0 aliphatic heterocycles. The molecule has 6 heteroatoms. The molecule has 0 aliphatic rings. The number of aromatic nitrogens is 3. The predicted molar refractivity (Wildman–Crippen MR) is 69.3 cm³/mol. The number of nitrogen functional groups attached to an aromatic ring is 1. The summed E-state index contributed by atoms with van der Waals surface area (Å²) in [7, 11) is 1.59. The van der Waals surface area contributed by atoms with Crippen molar-refractivity contribution < 1.29 is 4.74 Å². The highest BCUT2D eigenvalue weighted by Gasteiger charge is 2.00. The molecule has 2 aromatic heterocycles. The summed E-state index contributed by atoms with van der Waals surface area (Å²) in [6, 6.07) is 5.46. The van der Waals surface area contributed by atoms with Crippen LogP contribution in [0.5, 0.6) is 5.88 Å². The Balaban J connectivity index is 2.01. The summed E-state index contributed by atoms with van der Waals surface area (Å²) in [6.07, 6.45) is 1.75. The van der Waals surface area contributed by atoms with Crippen molar-refractivity contribution in [3.05, 3.63) is 35.8 Å². The smallest absolute Gasteiger partial charge is 0.212 e. The summed E-state index contributed by atoms with van der Waals surface area (Å²) < 4.78 is 4.99. The van der Waals surface area contributed by atoms with Gasteiger partial charge in [0.05, 0.1) is 7.11 Å². The van der Waals surface area contributed by atoms with Crippen LogP contribution in [0.25, 0.3) is 0 Å². The Kier molecular flexibility index (Phi) is 3.57. The lowest BCUT2D eigenvalue weighted by atomic mass is 10.3. The van der Waals surface area contributed by atoms with Crippen molar-refractivity contribution in [1.29, 1.82) is 0 Å². The minimum atomic E-state index is 0.456. The van der Waals surface area contributed by atoms with Crippen molar-refractivity contribution in [2.75, 3.05) is 18.2 Å². The third-order valence-electron chi connectivity index (χ3n) is 2.34. The monoisotopic (exact) mass is 245 g/mol. The van der Waals surface area contributed by atoms with E-state index >= 15 is 0 Å².